The summed E-state index contributed by atoms with van der Waals surface area (Å²) in [6.45, 7) is 3.55. The number of amides is 1. The summed E-state index contributed by atoms with van der Waals surface area (Å²) in [6, 6.07) is 18.0. The topological polar surface area (TPSA) is 75.2 Å². The summed E-state index contributed by atoms with van der Waals surface area (Å²) >= 11 is 0. The van der Waals surface area contributed by atoms with Crippen LogP contribution in [-0.2, 0) is 16.0 Å². The standard InChI is InChI=1S/C24H30N4O3.HI/c1-25-24(26-16-20-15-19-9-5-6-10-22(19)31-20)27-17-21(18-7-3-2-4-8-18)23(29)28-11-13-30-14-12-28;/h2-10,20-21H,11-17H2,1H3,(H2,25,26,27);1H. The lowest BCUT2D eigenvalue weighted by Crippen LogP contribution is -2.48. The molecule has 172 valence electrons. The number of hydrogen-bond donors (Lipinski definition) is 2. The maximum atomic E-state index is 13.2. The molecule has 0 bridgehead atoms. The highest BCUT2D eigenvalue weighted by Crippen LogP contribution is 2.27. The number of para-hydroxylation sites is 1. The van der Waals surface area contributed by atoms with Crippen LogP contribution in [0.2, 0.25) is 0 Å². The second-order valence-corrected chi connectivity index (χ2v) is 7.79. The fraction of sp³-hybridized carbons (Fsp3) is 0.417. The quantitative estimate of drug-likeness (QED) is 0.329. The summed E-state index contributed by atoms with van der Waals surface area (Å²) in [5.41, 5.74) is 2.23. The summed E-state index contributed by atoms with van der Waals surface area (Å²) in [4.78, 5) is 19.5. The molecule has 2 N–H and O–H groups in total. The molecule has 0 aromatic heterocycles. The van der Waals surface area contributed by atoms with Crippen LogP contribution in [0.25, 0.3) is 0 Å². The molecule has 2 aromatic rings. The molecule has 2 heterocycles. The van der Waals surface area contributed by atoms with Crippen molar-refractivity contribution in [2.75, 3.05) is 46.4 Å². The summed E-state index contributed by atoms with van der Waals surface area (Å²) in [6.07, 6.45) is 0.943. The number of halogens is 1. The molecule has 4 rings (SSSR count). The van der Waals surface area contributed by atoms with Gasteiger partial charge in [-0.1, -0.05) is 48.5 Å². The van der Waals surface area contributed by atoms with E-state index >= 15 is 0 Å². The smallest absolute Gasteiger partial charge is 0.232 e. The molecule has 0 spiro atoms. The molecule has 0 radical (unpaired) electrons. The van der Waals surface area contributed by atoms with Crippen LogP contribution in [0.4, 0.5) is 0 Å². The number of ether oxygens (including phenoxy) is 2. The first-order valence-corrected chi connectivity index (χ1v) is 10.8. The van der Waals surface area contributed by atoms with Crippen LogP contribution in [-0.4, -0.2) is 69.3 Å². The third-order valence-corrected chi connectivity index (χ3v) is 5.73. The molecule has 1 amide bonds. The van der Waals surface area contributed by atoms with Gasteiger partial charge in [0.05, 0.1) is 25.7 Å². The van der Waals surface area contributed by atoms with Gasteiger partial charge in [-0.3, -0.25) is 9.79 Å². The van der Waals surface area contributed by atoms with Gasteiger partial charge in [-0.25, -0.2) is 0 Å². The van der Waals surface area contributed by atoms with Crippen molar-refractivity contribution in [3.05, 3.63) is 65.7 Å². The average Bonchev–Trinajstić information content (AvgIpc) is 3.25. The molecule has 2 aromatic carbocycles. The van der Waals surface area contributed by atoms with Gasteiger partial charge in [0, 0.05) is 33.1 Å². The Morgan fingerprint density at radius 3 is 2.53 bits per heavy atom. The minimum atomic E-state index is -0.287. The molecule has 1 fully saturated rings. The lowest BCUT2D eigenvalue weighted by molar-refractivity contribution is -0.136. The predicted octanol–water partition coefficient (Wildman–Crippen LogP) is 2.42. The monoisotopic (exact) mass is 550 g/mol. The SMILES string of the molecule is CN=C(NCC1Cc2ccccc2O1)NCC(C(=O)N1CCOCC1)c1ccccc1.I. The molecule has 32 heavy (non-hydrogen) atoms. The van der Waals surface area contributed by atoms with Crippen LogP contribution in [0.15, 0.2) is 59.6 Å². The molecular formula is C24H31IN4O3. The van der Waals surface area contributed by atoms with Gasteiger partial charge in [0.1, 0.15) is 11.9 Å². The van der Waals surface area contributed by atoms with E-state index < -0.39 is 0 Å². The number of benzene rings is 2. The van der Waals surface area contributed by atoms with Gasteiger partial charge in [-0.15, -0.1) is 24.0 Å². The molecule has 1 saturated heterocycles. The van der Waals surface area contributed by atoms with Crippen molar-refractivity contribution in [1.82, 2.24) is 15.5 Å². The van der Waals surface area contributed by atoms with E-state index in [9.17, 15) is 4.79 Å². The number of morpholine rings is 1. The molecule has 0 aliphatic carbocycles. The molecule has 8 heteroatoms. The second kappa shape index (κ2) is 12.1. The Labute approximate surface area is 206 Å². The van der Waals surface area contributed by atoms with Crippen molar-refractivity contribution in [1.29, 1.82) is 0 Å². The number of hydrogen-bond acceptors (Lipinski definition) is 4. The van der Waals surface area contributed by atoms with Gasteiger partial charge in [-0.05, 0) is 17.2 Å². The van der Waals surface area contributed by atoms with E-state index in [0.717, 1.165) is 17.7 Å². The van der Waals surface area contributed by atoms with Gasteiger partial charge < -0.3 is 25.0 Å². The number of guanidine groups is 1. The van der Waals surface area contributed by atoms with E-state index in [2.05, 4.69) is 21.7 Å². The lowest BCUT2D eigenvalue weighted by atomic mass is 9.97. The summed E-state index contributed by atoms with van der Waals surface area (Å²) in [5, 5.41) is 6.68. The highest BCUT2D eigenvalue weighted by atomic mass is 127. The lowest BCUT2D eigenvalue weighted by Gasteiger charge is -2.31. The normalized spacial score (nSPS) is 18.7. The average molecular weight is 550 g/mol. The second-order valence-electron chi connectivity index (χ2n) is 7.79. The first-order valence-electron chi connectivity index (χ1n) is 10.8. The first-order chi connectivity index (χ1) is 15.2. The van der Waals surface area contributed by atoms with E-state index in [0.29, 0.717) is 45.4 Å². The predicted molar refractivity (Wildman–Crippen MR) is 136 cm³/mol. The molecule has 0 saturated carbocycles. The van der Waals surface area contributed by atoms with Crippen molar-refractivity contribution < 1.29 is 14.3 Å². The number of carbonyl (C=O) groups is 1. The van der Waals surface area contributed by atoms with Crippen LogP contribution >= 0.6 is 24.0 Å². The summed E-state index contributed by atoms with van der Waals surface area (Å²) in [7, 11) is 1.74. The van der Waals surface area contributed by atoms with Crippen molar-refractivity contribution in [3.8, 4) is 5.75 Å². The van der Waals surface area contributed by atoms with Gasteiger partial charge in [0.15, 0.2) is 5.96 Å². The maximum absolute atomic E-state index is 13.2. The zero-order chi connectivity index (χ0) is 21.5. The van der Waals surface area contributed by atoms with Gasteiger partial charge >= 0.3 is 0 Å². The molecule has 2 aliphatic heterocycles. The Morgan fingerprint density at radius 1 is 1.09 bits per heavy atom. The Hall–Kier alpha value is -2.33. The van der Waals surface area contributed by atoms with Crippen LogP contribution in [0.5, 0.6) is 5.75 Å². The summed E-state index contributed by atoms with van der Waals surface area (Å²) < 4.78 is 11.4. The third kappa shape index (κ3) is 6.13. The Balaban J connectivity index is 0.00000289. The van der Waals surface area contributed by atoms with Gasteiger partial charge in [0.25, 0.3) is 0 Å². The zero-order valence-corrected chi connectivity index (χ0v) is 20.7. The fourth-order valence-electron chi connectivity index (χ4n) is 4.03. The Bertz CT molecular complexity index is 878. The molecule has 7 nitrogen and oxygen atoms in total. The van der Waals surface area contributed by atoms with Gasteiger partial charge in [-0.2, -0.15) is 0 Å². The number of rotatable bonds is 6. The molecule has 2 atom stereocenters. The van der Waals surface area contributed by atoms with Crippen LogP contribution in [0, 0.1) is 0 Å². The van der Waals surface area contributed by atoms with Crippen molar-refractivity contribution in [2.45, 2.75) is 18.4 Å². The number of fused-ring (bicyclic) bond motifs is 1. The van der Waals surface area contributed by atoms with Crippen LogP contribution in [0.3, 0.4) is 0 Å². The van der Waals surface area contributed by atoms with Crippen molar-refractivity contribution in [2.24, 2.45) is 4.99 Å². The van der Waals surface area contributed by atoms with E-state index in [1.807, 2.05) is 53.4 Å². The fourth-order valence-corrected chi connectivity index (χ4v) is 4.03. The van der Waals surface area contributed by atoms with Gasteiger partial charge in [0.2, 0.25) is 5.91 Å². The molecular weight excluding hydrogens is 519 g/mol. The number of carbonyl (C=O) groups excluding carboxylic acids is 1. The molecule has 2 unspecified atom stereocenters. The van der Waals surface area contributed by atoms with Crippen molar-refractivity contribution >= 4 is 35.8 Å². The highest BCUT2D eigenvalue weighted by Gasteiger charge is 2.28. The van der Waals surface area contributed by atoms with Crippen LogP contribution in [0.1, 0.15) is 17.0 Å². The number of aliphatic imine (C=N–C) groups is 1. The summed E-state index contributed by atoms with van der Waals surface area (Å²) in [5.74, 6) is 1.45. The maximum Gasteiger partial charge on any atom is 0.232 e. The number of nitrogens with zero attached hydrogens (tertiary/aromatic N) is 2. The third-order valence-electron chi connectivity index (χ3n) is 5.73. The zero-order valence-electron chi connectivity index (χ0n) is 18.3. The minimum absolute atomic E-state index is 0. The van der Waals surface area contributed by atoms with E-state index in [1.165, 1.54) is 5.56 Å². The Kier molecular flexibility index (Phi) is 9.16. The highest BCUT2D eigenvalue weighted by molar-refractivity contribution is 14.0. The van der Waals surface area contributed by atoms with Crippen molar-refractivity contribution in [3.63, 3.8) is 0 Å². The first kappa shape index (κ1) is 24.3. The number of nitrogens with one attached hydrogen (secondary N) is 2. The minimum Gasteiger partial charge on any atom is -0.488 e. The van der Waals surface area contributed by atoms with E-state index in [-0.39, 0.29) is 41.9 Å². The largest absolute Gasteiger partial charge is 0.488 e. The Morgan fingerprint density at radius 2 is 1.81 bits per heavy atom. The van der Waals surface area contributed by atoms with E-state index in [1.54, 1.807) is 7.05 Å². The molecule has 2 aliphatic rings. The van der Waals surface area contributed by atoms with E-state index in [4.69, 9.17) is 9.47 Å². The van der Waals surface area contributed by atoms with Crippen LogP contribution < -0.4 is 15.4 Å².